The quantitative estimate of drug-likeness (QED) is 0.809. The second-order valence-electron chi connectivity index (χ2n) is 6.05. The van der Waals surface area contributed by atoms with Crippen LogP contribution in [0.1, 0.15) is 18.1 Å². The van der Waals surface area contributed by atoms with Gasteiger partial charge in [-0.05, 0) is 37.6 Å². The third kappa shape index (κ3) is 5.49. The first-order valence-corrected chi connectivity index (χ1v) is 8.73. The molecule has 0 radical (unpaired) electrons. The molecule has 2 aromatic carbocycles. The largest absolute Gasteiger partial charge is 0.484 e. The number of likely N-dealkylation sites (N-methyl/N-ethyl adjacent to an activating group) is 1. The van der Waals surface area contributed by atoms with Crippen LogP contribution in [0.2, 0.25) is 5.02 Å². The number of ether oxygens (including phenoxy) is 1. The molecule has 0 spiro atoms. The first-order chi connectivity index (χ1) is 12.4. The third-order valence-electron chi connectivity index (χ3n) is 4.01. The lowest BCUT2D eigenvalue weighted by atomic mass is 10.1. The molecule has 6 heteroatoms. The van der Waals surface area contributed by atoms with Gasteiger partial charge >= 0.3 is 0 Å². The number of amides is 2. The van der Waals surface area contributed by atoms with E-state index in [-0.39, 0.29) is 18.4 Å². The summed E-state index contributed by atoms with van der Waals surface area (Å²) < 4.78 is 5.55. The number of aryl methyl sites for hydroxylation is 1. The van der Waals surface area contributed by atoms with Gasteiger partial charge in [-0.2, -0.15) is 0 Å². The van der Waals surface area contributed by atoms with Crippen molar-refractivity contribution in [1.29, 1.82) is 0 Å². The van der Waals surface area contributed by atoms with Crippen LogP contribution in [0.4, 0.5) is 0 Å². The van der Waals surface area contributed by atoms with Crippen molar-refractivity contribution in [3.8, 4) is 5.75 Å². The zero-order valence-electron chi connectivity index (χ0n) is 15.2. The highest BCUT2D eigenvalue weighted by atomic mass is 35.5. The smallest absolute Gasteiger partial charge is 0.261 e. The molecular formula is C20H23ClN2O3. The zero-order valence-corrected chi connectivity index (χ0v) is 15.9. The monoisotopic (exact) mass is 374 g/mol. The maximum absolute atomic E-state index is 12.7. The van der Waals surface area contributed by atoms with Crippen LogP contribution in [0.5, 0.6) is 5.75 Å². The number of halogens is 1. The van der Waals surface area contributed by atoms with E-state index in [1.807, 2.05) is 31.2 Å². The average Bonchev–Trinajstić information content (AvgIpc) is 2.63. The second-order valence-corrected chi connectivity index (χ2v) is 6.48. The predicted octanol–water partition coefficient (Wildman–Crippen LogP) is 3.19. The summed E-state index contributed by atoms with van der Waals surface area (Å²) in [7, 11) is 1.55. The maximum atomic E-state index is 12.7. The van der Waals surface area contributed by atoms with Gasteiger partial charge in [0.1, 0.15) is 11.8 Å². The Kier molecular flexibility index (Phi) is 7.04. The molecule has 0 aliphatic carbocycles. The number of nitrogens with zero attached hydrogens (tertiary/aromatic N) is 1. The minimum atomic E-state index is -0.615. The third-order valence-corrected chi connectivity index (χ3v) is 4.24. The van der Waals surface area contributed by atoms with Crippen molar-refractivity contribution in [2.24, 2.45) is 0 Å². The van der Waals surface area contributed by atoms with Crippen molar-refractivity contribution in [3.05, 3.63) is 64.7 Å². The van der Waals surface area contributed by atoms with Gasteiger partial charge in [0.2, 0.25) is 5.91 Å². The van der Waals surface area contributed by atoms with Crippen molar-refractivity contribution >= 4 is 23.4 Å². The van der Waals surface area contributed by atoms with Crippen LogP contribution in [0, 0.1) is 6.92 Å². The van der Waals surface area contributed by atoms with Crippen molar-refractivity contribution in [3.63, 3.8) is 0 Å². The lowest BCUT2D eigenvalue weighted by Crippen LogP contribution is -2.48. The van der Waals surface area contributed by atoms with E-state index in [1.54, 1.807) is 38.2 Å². The molecule has 0 aliphatic rings. The summed E-state index contributed by atoms with van der Waals surface area (Å²) in [5.41, 5.74) is 2.05. The van der Waals surface area contributed by atoms with Gasteiger partial charge < -0.3 is 15.0 Å². The first-order valence-electron chi connectivity index (χ1n) is 8.35. The topological polar surface area (TPSA) is 58.6 Å². The van der Waals surface area contributed by atoms with Crippen LogP contribution >= 0.6 is 11.6 Å². The Morgan fingerprint density at radius 2 is 1.92 bits per heavy atom. The van der Waals surface area contributed by atoms with Gasteiger partial charge in [0.15, 0.2) is 6.61 Å². The van der Waals surface area contributed by atoms with E-state index in [4.69, 9.17) is 16.3 Å². The molecule has 0 aliphatic heterocycles. The number of nitrogens with one attached hydrogen (secondary N) is 1. The normalized spacial score (nSPS) is 11.5. The summed E-state index contributed by atoms with van der Waals surface area (Å²) in [6.45, 7) is 3.84. The Bertz CT molecular complexity index is 779. The molecule has 0 saturated heterocycles. The Balaban J connectivity index is 2.13. The molecule has 0 heterocycles. The molecule has 2 amide bonds. The van der Waals surface area contributed by atoms with Gasteiger partial charge in [0.25, 0.3) is 5.91 Å². The molecule has 0 bridgehead atoms. The van der Waals surface area contributed by atoms with E-state index in [2.05, 4.69) is 5.32 Å². The van der Waals surface area contributed by atoms with Crippen LogP contribution in [-0.4, -0.2) is 36.4 Å². The van der Waals surface area contributed by atoms with Gasteiger partial charge in [-0.1, -0.05) is 47.5 Å². The minimum Gasteiger partial charge on any atom is -0.484 e. The number of hydrogen-bond donors (Lipinski definition) is 1. The Morgan fingerprint density at radius 3 is 2.58 bits per heavy atom. The van der Waals surface area contributed by atoms with E-state index in [0.717, 1.165) is 11.1 Å². The van der Waals surface area contributed by atoms with Gasteiger partial charge in [-0.3, -0.25) is 9.59 Å². The number of carbonyl (C=O) groups excluding carboxylic acids is 2. The van der Waals surface area contributed by atoms with Crippen LogP contribution < -0.4 is 10.1 Å². The Labute approximate surface area is 158 Å². The standard InChI is InChI=1S/C20H23ClN2O3/c1-14-6-4-7-16(10-14)12-23(15(2)20(25)22-3)19(24)13-26-18-9-5-8-17(21)11-18/h4-11,15H,12-13H2,1-3H3,(H,22,25)/t15-/m0/s1. The fourth-order valence-corrected chi connectivity index (χ4v) is 2.76. The van der Waals surface area contributed by atoms with Crippen LogP contribution in [0.25, 0.3) is 0 Å². The zero-order chi connectivity index (χ0) is 19.1. The summed E-state index contributed by atoms with van der Waals surface area (Å²) in [5, 5.41) is 3.12. The summed E-state index contributed by atoms with van der Waals surface area (Å²) in [6, 6.07) is 14.1. The lowest BCUT2D eigenvalue weighted by Gasteiger charge is -2.28. The minimum absolute atomic E-state index is 0.173. The highest BCUT2D eigenvalue weighted by Crippen LogP contribution is 2.18. The molecular weight excluding hydrogens is 352 g/mol. The summed E-state index contributed by atoms with van der Waals surface area (Å²) in [5.74, 6) is 0.00490. The highest BCUT2D eigenvalue weighted by Gasteiger charge is 2.25. The second kappa shape index (κ2) is 9.25. The van der Waals surface area contributed by atoms with E-state index >= 15 is 0 Å². The lowest BCUT2D eigenvalue weighted by molar-refractivity contribution is -0.142. The predicted molar refractivity (Wildman–Crippen MR) is 102 cm³/mol. The fraction of sp³-hybridized carbons (Fsp3) is 0.300. The average molecular weight is 375 g/mol. The number of rotatable bonds is 7. The Morgan fingerprint density at radius 1 is 1.19 bits per heavy atom. The molecule has 2 rings (SSSR count). The first kappa shape index (κ1) is 19.8. The summed E-state index contributed by atoms with van der Waals surface area (Å²) in [6.07, 6.45) is 0. The molecule has 0 aromatic heterocycles. The van der Waals surface area contributed by atoms with Crippen LogP contribution in [0.15, 0.2) is 48.5 Å². The van der Waals surface area contributed by atoms with Crippen molar-refractivity contribution < 1.29 is 14.3 Å². The van der Waals surface area contributed by atoms with Crippen molar-refractivity contribution in [2.45, 2.75) is 26.4 Å². The number of benzene rings is 2. The van der Waals surface area contributed by atoms with Gasteiger partial charge in [-0.25, -0.2) is 0 Å². The van der Waals surface area contributed by atoms with E-state index < -0.39 is 6.04 Å². The number of hydrogen-bond acceptors (Lipinski definition) is 3. The van der Waals surface area contributed by atoms with E-state index in [9.17, 15) is 9.59 Å². The molecule has 2 aromatic rings. The fourth-order valence-electron chi connectivity index (χ4n) is 2.58. The van der Waals surface area contributed by atoms with Crippen molar-refractivity contribution in [1.82, 2.24) is 10.2 Å². The van der Waals surface area contributed by atoms with Gasteiger partial charge in [0, 0.05) is 18.6 Å². The summed E-state index contributed by atoms with van der Waals surface area (Å²) >= 11 is 5.93. The molecule has 1 atom stereocenters. The summed E-state index contributed by atoms with van der Waals surface area (Å²) in [4.78, 5) is 26.3. The van der Waals surface area contributed by atoms with Crippen molar-refractivity contribution in [2.75, 3.05) is 13.7 Å². The van der Waals surface area contributed by atoms with Crippen LogP contribution in [-0.2, 0) is 16.1 Å². The maximum Gasteiger partial charge on any atom is 0.261 e. The van der Waals surface area contributed by atoms with Gasteiger partial charge in [0.05, 0.1) is 0 Å². The van der Waals surface area contributed by atoms with Gasteiger partial charge in [-0.15, -0.1) is 0 Å². The molecule has 0 fully saturated rings. The molecule has 1 N–H and O–H groups in total. The highest BCUT2D eigenvalue weighted by molar-refractivity contribution is 6.30. The Hall–Kier alpha value is -2.53. The van der Waals surface area contributed by atoms with E-state index in [1.165, 1.54) is 4.90 Å². The molecule has 138 valence electrons. The van der Waals surface area contributed by atoms with Crippen LogP contribution in [0.3, 0.4) is 0 Å². The molecule has 5 nitrogen and oxygen atoms in total. The number of carbonyl (C=O) groups is 2. The SMILES string of the molecule is CNC(=O)[C@H](C)N(Cc1cccc(C)c1)C(=O)COc1cccc(Cl)c1. The molecule has 0 saturated carbocycles. The van der Waals surface area contributed by atoms with E-state index in [0.29, 0.717) is 17.3 Å². The molecule has 26 heavy (non-hydrogen) atoms. The molecule has 0 unspecified atom stereocenters.